The fraction of sp³-hybridized carbons (Fsp3) is 0.667. The Labute approximate surface area is 95.9 Å². The molecule has 1 unspecified atom stereocenters. The van der Waals surface area contributed by atoms with Crippen molar-refractivity contribution in [3.8, 4) is 0 Å². The zero-order valence-corrected chi connectivity index (χ0v) is 10.1. The van der Waals surface area contributed by atoms with E-state index in [0.717, 1.165) is 38.9 Å². The van der Waals surface area contributed by atoms with Gasteiger partial charge in [0, 0.05) is 18.1 Å². The molecule has 1 aromatic rings. The first-order valence-electron chi connectivity index (χ1n) is 5.61. The van der Waals surface area contributed by atoms with E-state index in [0.29, 0.717) is 0 Å². The van der Waals surface area contributed by atoms with Crippen molar-refractivity contribution in [1.82, 2.24) is 0 Å². The van der Waals surface area contributed by atoms with Crippen molar-refractivity contribution < 1.29 is 9.84 Å². The maximum atomic E-state index is 9.70. The first-order chi connectivity index (χ1) is 7.33. The van der Waals surface area contributed by atoms with Crippen molar-refractivity contribution in [3.63, 3.8) is 0 Å². The van der Waals surface area contributed by atoms with E-state index in [1.165, 1.54) is 4.88 Å². The van der Waals surface area contributed by atoms with Crippen LogP contribution in [-0.2, 0) is 11.2 Å². The Bertz CT molecular complexity index is 234. The summed E-state index contributed by atoms with van der Waals surface area (Å²) in [5.74, 6) is 0. The van der Waals surface area contributed by atoms with E-state index >= 15 is 0 Å². The third-order valence-corrected chi connectivity index (χ3v) is 3.27. The van der Waals surface area contributed by atoms with Crippen molar-refractivity contribution in [2.45, 2.75) is 38.7 Å². The lowest BCUT2D eigenvalue weighted by Gasteiger charge is -2.09. The Hall–Kier alpha value is -0.380. The minimum Gasteiger partial charge on any atom is -0.393 e. The van der Waals surface area contributed by atoms with Crippen LogP contribution in [0.1, 0.15) is 31.1 Å². The monoisotopic (exact) mass is 228 g/mol. The molecule has 0 saturated heterocycles. The van der Waals surface area contributed by atoms with E-state index < -0.39 is 0 Å². The molecule has 0 spiro atoms. The molecule has 0 aliphatic carbocycles. The van der Waals surface area contributed by atoms with Crippen LogP contribution in [0.5, 0.6) is 0 Å². The SMILES string of the molecule is CCOCCCC(O)CCc1cccs1. The summed E-state index contributed by atoms with van der Waals surface area (Å²) in [5, 5.41) is 11.8. The highest BCUT2D eigenvalue weighted by Crippen LogP contribution is 2.13. The van der Waals surface area contributed by atoms with Gasteiger partial charge in [-0.2, -0.15) is 0 Å². The maximum Gasteiger partial charge on any atom is 0.0544 e. The molecule has 0 aliphatic heterocycles. The van der Waals surface area contributed by atoms with Crippen LogP contribution < -0.4 is 0 Å². The van der Waals surface area contributed by atoms with Crippen molar-refractivity contribution >= 4 is 11.3 Å². The molecule has 0 aromatic carbocycles. The van der Waals surface area contributed by atoms with E-state index in [-0.39, 0.29) is 6.10 Å². The molecule has 1 aromatic heterocycles. The first-order valence-corrected chi connectivity index (χ1v) is 6.49. The topological polar surface area (TPSA) is 29.5 Å². The highest BCUT2D eigenvalue weighted by molar-refractivity contribution is 7.09. The fourth-order valence-electron chi connectivity index (χ4n) is 1.47. The number of aliphatic hydroxyl groups excluding tert-OH is 1. The lowest BCUT2D eigenvalue weighted by molar-refractivity contribution is 0.110. The van der Waals surface area contributed by atoms with Crippen LogP contribution in [0.25, 0.3) is 0 Å². The number of hydrogen-bond donors (Lipinski definition) is 1. The van der Waals surface area contributed by atoms with Gasteiger partial charge in [-0.3, -0.25) is 0 Å². The molecule has 0 amide bonds. The second-order valence-electron chi connectivity index (χ2n) is 3.61. The van der Waals surface area contributed by atoms with Crippen molar-refractivity contribution in [1.29, 1.82) is 0 Å². The minimum atomic E-state index is -0.174. The third-order valence-electron chi connectivity index (χ3n) is 2.33. The largest absolute Gasteiger partial charge is 0.393 e. The lowest BCUT2D eigenvalue weighted by Crippen LogP contribution is -2.09. The number of aliphatic hydroxyl groups is 1. The predicted octanol–water partition coefficient (Wildman–Crippen LogP) is 2.86. The quantitative estimate of drug-likeness (QED) is 0.693. The van der Waals surface area contributed by atoms with Gasteiger partial charge in [0.25, 0.3) is 0 Å². The molecule has 1 N–H and O–H groups in total. The Morgan fingerprint density at radius 3 is 3.00 bits per heavy atom. The lowest BCUT2D eigenvalue weighted by atomic mass is 10.1. The van der Waals surface area contributed by atoms with Crippen molar-refractivity contribution in [2.24, 2.45) is 0 Å². The fourth-order valence-corrected chi connectivity index (χ4v) is 2.20. The maximum absolute atomic E-state index is 9.70. The summed E-state index contributed by atoms with van der Waals surface area (Å²) >= 11 is 1.76. The number of aryl methyl sites for hydroxylation is 1. The van der Waals surface area contributed by atoms with Gasteiger partial charge in [0.1, 0.15) is 0 Å². The van der Waals surface area contributed by atoms with Crippen molar-refractivity contribution in [2.75, 3.05) is 13.2 Å². The number of rotatable bonds is 8. The molecule has 86 valence electrons. The Morgan fingerprint density at radius 1 is 1.47 bits per heavy atom. The average molecular weight is 228 g/mol. The van der Waals surface area contributed by atoms with Gasteiger partial charge in [-0.25, -0.2) is 0 Å². The second-order valence-corrected chi connectivity index (χ2v) is 4.64. The zero-order chi connectivity index (χ0) is 10.9. The average Bonchev–Trinajstić information content (AvgIpc) is 2.74. The van der Waals surface area contributed by atoms with Gasteiger partial charge < -0.3 is 9.84 Å². The highest BCUT2D eigenvalue weighted by Gasteiger charge is 2.04. The zero-order valence-electron chi connectivity index (χ0n) is 9.32. The molecular weight excluding hydrogens is 208 g/mol. The van der Waals surface area contributed by atoms with Gasteiger partial charge in [-0.15, -0.1) is 11.3 Å². The van der Waals surface area contributed by atoms with E-state index in [2.05, 4.69) is 17.5 Å². The minimum absolute atomic E-state index is 0.174. The van der Waals surface area contributed by atoms with Crippen LogP contribution in [0, 0.1) is 0 Å². The van der Waals surface area contributed by atoms with E-state index in [1.807, 2.05) is 6.92 Å². The molecule has 2 nitrogen and oxygen atoms in total. The third kappa shape index (κ3) is 5.92. The molecule has 1 rings (SSSR count). The molecule has 15 heavy (non-hydrogen) atoms. The molecule has 0 fully saturated rings. The van der Waals surface area contributed by atoms with Crippen LogP contribution >= 0.6 is 11.3 Å². The summed E-state index contributed by atoms with van der Waals surface area (Å²) in [6.07, 6.45) is 3.50. The van der Waals surface area contributed by atoms with Crippen LogP contribution in [0.4, 0.5) is 0 Å². The van der Waals surface area contributed by atoms with Crippen molar-refractivity contribution in [3.05, 3.63) is 22.4 Å². The standard InChI is InChI=1S/C12H20O2S/c1-2-14-9-3-5-11(13)7-8-12-6-4-10-15-12/h4,6,10-11,13H,2-3,5,7-9H2,1H3. The summed E-state index contributed by atoms with van der Waals surface area (Å²) in [6, 6.07) is 4.18. The first kappa shape index (κ1) is 12.7. The summed E-state index contributed by atoms with van der Waals surface area (Å²) < 4.78 is 5.23. The van der Waals surface area contributed by atoms with E-state index in [1.54, 1.807) is 11.3 Å². The van der Waals surface area contributed by atoms with E-state index in [9.17, 15) is 5.11 Å². The second kappa shape index (κ2) is 7.85. The van der Waals surface area contributed by atoms with Gasteiger partial charge in [0.05, 0.1) is 6.10 Å². The normalized spacial score (nSPS) is 12.9. The number of thiophene rings is 1. The summed E-state index contributed by atoms with van der Waals surface area (Å²) in [7, 11) is 0. The summed E-state index contributed by atoms with van der Waals surface area (Å²) in [5.41, 5.74) is 0. The van der Waals surface area contributed by atoms with Gasteiger partial charge >= 0.3 is 0 Å². The molecular formula is C12H20O2S. The van der Waals surface area contributed by atoms with Crippen LogP contribution in [0.3, 0.4) is 0 Å². The summed E-state index contributed by atoms with van der Waals surface area (Å²) in [4.78, 5) is 1.36. The number of ether oxygens (including phenoxy) is 1. The molecule has 1 heterocycles. The summed E-state index contributed by atoms with van der Waals surface area (Å²) in [6.45, 7) is 3.53. The predicted molar refractivity (Wildman–Crippen MR) is 64.4 cm³/mol. The van der Waals surface area contributed by atoms with Gasteiger partial charge in [0.2, 0.25) is 0 Å². The van der Waals surface area contributed by atoms with Crippen LogP contribution in [-0.4, -0.2) is 24.4 Å². The Balaban J connectivity index is 2.01. The van der Waals surface area contributed by atoms with Gasteiger partial charge in [-0.1, -0.05) is 6.07 Å². The highest BCUT2D eigenvalue weighted by atomic mass is 32.1. The van der Waals surface area contributed by atoms with E-state index in [4.69, 9.17) is 4.74 Å². The molecule has 3 heteroatoms. The smallest absolute Gasteiger partial charge is 0.0544 e. The molecule has 0 radical (unpaired) electrons. The van der Waals surface area contributed by atoms with Gasteiger partial charge in [0.15, 0.2) is 0 Å². The molecule has 0 bridgehead atoms. The molecule has 0 saturated carbocycles. The molecule has 1 atom stereocenters. The Kier molecular flexibility index (Phi) is 6.64. The van der Waals surface area contributed by atoms with Gasteiger partial charge in [-0.05, 0) is 44.1 Å². The van der Waals surface area contributed by atoms with Crippen LogP contribution in [0.2, 0.25) is 0 Å². The molecule has 0 aliphatic rings. The van der Waals surface area contributed by atoms with Crippen LogP contribution in [0.15, 0.2) is 17.5 Å². The number of hydrogen-bond acceptors (Lipinski definition) is 3. The Morgan fingerprint density at radius 2 is 2.33 bits per heavy atom.